The Morgan fingerprint density at radius 1 is 1.53 bits per heavy atom. The minimum Gasteiger partial charge on any atom is -0.480 e. The first-order valence-electron chi connectivity index (χ1n) is 5.38. The predicted octanol–water partition coefficient (Wildman–Crippen LogP) is 1.77. The van der Waals surface area contributed by atoms with Gasteiger partial charge in [0, 0.05) is 18.6 Å². The maximum Gasteiger partial charge on any atom is 0.323 e. The van der Waals surface area contributed by atoms with Gasteiger partial charge in [-0.1, -0.05) is 0 Å². The number of fused-ring (bicyclic) bond motifs is 3. The molecule has 0 radical (unpaired) electrons. The van der Waals surface area contributed by atoms with Gasteiger partial charge in [0.05, 0.1) is 10.4 Å². The molecule has 19 heavy (non-hydrogen) atoms. The second kappa shape index (κ2) is 4.32. The quantitative estimate of drug-likeness (QED) is 0.799. The van der Waals surface area contributed by atoms with E-state index in [9.17, 15) is 9.59 Å². The smallest absolute Gasteiger partial charge is 0.323 e. The van der Waals surface area contributed by atoms with Crippen molar-refractivity contribution in [3.05, 3.63) is 22.5 Å². The Morgan fingerprint density at radius 2 is 2.32 bits per heavy atom. The number of hydrogen-bond acceptors (Lipinski definition) is 5. The summed E-state index contributed by atoms with van der Waals surface area (Å²) in [6, 6.07) is 1.76. The van der Waals surface area contributed by atoms with Crippen LogP contribution in [0.1, 0.15) is 9.67 Å². The molecule has 1 N–H and O–H groups in total. The number of thiazole rings is 1. The summed E-state index contributed by atoms with van der Waals surface area (Å²) in [5.41, 5.74) is 0.883. The van der Waals surface area contributed by atoms with Gasteiger partial charge in [-0.3, -0.25) is 14.0 Å². The Morgan fingerprint density at radius 3 is 3.05 bits per heavy atom. The Bertz CT molecular complexity index is 786. The summed E-state index contributed by atoms with van der Waals surface area (Å²) in [6.45, 7) is -0.310. The lowest BCUT2D eigenvalue weighted by Crippen LogP contribution is -2.31. The van der Waals surface area contributed by atoms with E-state index in [1.807, 2.05) is 16.0 Å². The Labute approximate surface area is 115 Å². The lowest BCUT2D eigenvalue weighted by molar-refractivity contribution is -0.137. The highest BCUT2D eigenvalue weighted by molar-refractivity contribution is 7.21. The van der Waals surface area contributed by atoms with Crippen molar-refractivity contribution < 1.29 is 14.7 Å². The first kappa shape index (κ1) is 12.1. The van der Waals surface area contributed by atoms with Crippen LogP contribution < -0.4 is 0 Å². The van der Waals surface area contributed by atoms with Crippen LogP contribution in [0.15, 0.2) is 17.6 Å². The van der Waals surface area contributed by atoms with Crippen LogP contribution in [0.4, 0.5) is 0 Å². The predicted molar refractivity (Wildman–Crippen MR) is 73.0 cm³/mol. The first-order valence-corrected chi connectivity index (χ1v) is 7.08. The third kappa shape index (κ3) is 1.98. The van der Waals surface area contributed by atoms with Gasteiger partial charge < -0.3 is 10.0 Å². The molecule has 0 aliphatic heterocycles. The standard InChI is InChI=1S/C11H9N3O3S2/c1-13(5-8(15)16)10(17)7-4-6-9(19-7)12-11-14(6)2-3-18-11/h2-4H,5H2,1H3,(H,15,16). The van der Waals surface area contributed by atoms with Gasteiger partial charge in [0.1, 0.15) is 11.4 Å². The number of aromatic nitrogens is 2. The zero-order valence-corrected chi connectivity index (χ0v) is 11.5. The average molecular weight is 295 g/mol. The summed E-state index contributed by atoms with van der Waals surface area (Å²) >= 11 is 2.81. The topological polar surface area (TPSA) is 74.9 Å². The van der Waals surface area contributed by atoms with Crippen molar-refractivity contribution in [2.24, 2.45) is 0 Å². The molecule has 8 heteroatoms. The van der Waals surface area contributed by atoms with Gasteiger partial charge in [0.25, 0.3) is 5.91 Å². The molecule has 0 aliphatic carbocycles. The normalized spacial score (nSPS) is 11.2. The van der Waals surface area contributed by atoms with Crippen LogP contribution in [-0.2, 0) is 4.79 Å². The first-order chi connectivity index (χ1) is 9.06. The summed E-state index contributed by atoms with van der Waals surface area (Å²) in [5.74, 6) is -1.33. The van der Waals surface area contributed by atoms with Crippen molar-refractivity contribution in [1.29, 1.82) is 0 Å². The van der Waals surface area contributed by atoms with Crippen molar-refractivity contribution in [2.75, 3.05) is 13.6 Å². The van der Waals surface area contributed by atoms with Gasteiger partial charge in [0.15, 0.2) is 4.96 Å². The number of rotatable bonds is 3. The Kier molecular flexibility index (Phi) is 2.76. The molecular weight excluding hydrogens is 286 g/mol. The molecule has 1 amide bonds. The van der Waals surface area contributed by atoms with Crippen molar-refractivity contribution in [1.82, 2.24) is 14.3 Å². The number of carboxylic acids is 1. The lowest BCUT2D eigenvalue weighted by atomic mass is 10.4. The Balaban J connectivity index is 1.98. The van der Waals surface area contributed by atoms with Gasteiger partial charge >= 0.3 is 5.97 Å². The molecular formula is C11H9N3O3S2. The maximum absolute atomic E-state index is 12.1. The number of aliphatic carboxylic acids is 1. The van der Waals surface area contributed by atoms with Crippen LogP contribution in [0.2, 0.25) is 0 Å². The zero-order valence-electron chi connectivity index (χ0n) is 9.86. The molecule has 0 aromatic carbocycles. The van der Waals surface area contributed by atoms with E-state index >= 15 is 0 Å². The van der Waals surface area contributed by atoms with E-state index < -0.39 is 5.97 Å². The maximum atomic E-state index is 12.1. The Hall–Kier alpha value is -1.93. The minimum atomic E-state index is -1.03. The molecule has 0 bridgehead atoms. The molecule has 0 saturated carbocycles. The highest BCUT2D eigenvalue weighted by atomic mass is 32.1. The molecule has 3 rings (SSSR count). The fourth-order valence-electron chi connectivity index (χ4n) is 1.82. The van der Waals surface area contributed by atoms with Gasteiger partial charge in [-0.25, -0.2) is 4.98 Å². The number of thiophene rings is 1. The molecule has 0 saturated heterocycles. The number of carboxylic acid groups (broad SMARTS) is 1. The van der Waals surface area contributed by atoms with Gasteiger partial charge in [-0.05, 0) is 6.07 Å². The molecule has 0 unspecified atom stereocenters. The van der Waals surface area contributed by atoms with Crippen molar-refractivity contribution in [3.63, 3.8) is 0 Å². The molecule has 0 aliphatic rings. The van der Waals surface area contributed by atoms with E-state index in [1.54, 1.807) is 6.07 Å². The van der Waals surface area contributed by atoms with Crippen LogP contribution in [0.25, 0.3) is 15.3 Å². The fourth-order valence-corrected chi connectivity index (χ4v) is 3.61. The third-order valence-corrected chi connectivity index (χ3v) is 4.43. The van der Waals surface area contributed by atoms with Gasteiger partial charge in [-0.15, -0.1) is 22.7 Å². The minimum absolute atomic E-state index is 0.297. The lowest BCUT2D eigenvalue weighted by Gasteiger charge is -2.12. The van der Waals surface area contributed by atoms with Crippen LogP contribution in [0.3, 0.4) is 0 Å². The molecule has 3 aromatic rings. The van der Waals surface area contributed by atoms with Gasteiger partial charge in [0.2, 0.25) is 0 Å². The highest BCUT2D eigenvalue weighted by Crippen LogP contribution is 2.28. The monoisotopic (exact) mass is 295 g/mol. The van der Waals surface area contributed by atoms with Crippen LogP contribution in [0.5, 0.6) is 0 Å². The highest BCUT2D eigenvalue weighted by Gasteiger charge is 2.19. The molecule has 0 spiro atoms. The summed E-state index contributed by atoms with van der Waals surface area (Å²) in [7, 11) is 1.47. The number of nitrogens with zero attached hydrogens (tertiary/aromatic N) is 3. The number of amides is 1. The van der Waals surface area contributed by atoms with E-state index in [4.69, 9.17) is 5.11 Å². The molecule has 0 fully saturated rings. The van der Waals surface area contributed by atoms with E-state index in [-0.39, 0.29) is 12.5 Å². The SMILES string of the molecule is CN(CC(=O)O)C(=O)c1cc2c(nc3sccn32)s1. The molecule has 3 heterocycles. The second-order valence-corrected chi connectivity index (χ2v) is 5.93. The molecule has 0 atom stereocenters. The molecule has 3 aromatic heterocycles. The number of hydrogen-bond donors (Lipinski definition) is 1. The number of carbonyl (C=O) groups excluding carboxylic acids is 1. The zero-order chi connectivity index (χ0) is 13.6. The van der Waals surface area contributed by atoms with Crippen LogP contribution in [0, 0.1) is 0 Å². The van der Waals surface area contributed by atoms with Crippen molar-refractivity contribution in [3.8, 4) is 0 Å². The van der Waals surface area contributed by atoms with Crippen LogP contribution >= 0.6 is 22.7 Å². The molecule has 6 nitrogen and oxygen atoms in total. The van der Waals surface area contributed by atoms with E-state index in [1.165, 1.54) is 34.6 Å². The summed E-state index contributed by atoms with van der Waals surface area (Å²) in [5, 5.41) is 10.6. The largest absolute Gasteiger partial charge is 0.480 e. The van der Waals surface area contributed by atoms with E-state index in [0.29, 0.717) is 4.88 Å². The van der Waals surface area contributed by atoms with Crippen molar-refractivity contribution in [2.45, 2.75) is 0 Å². The third-order valence-electron chi connectivity index (χ3n) is 2.67. The summed E-state index contributed by atoms with van der Waals surface area (Å²) in [4.78, 5) is 30.4. The average Bonchev–Trinajstić information content (AvgIpc) is 2.97. The van der Waals surface area contributed by atoms with E-state index in [2.05, 4.69) is 4.98 Å². The number of carbonyl (C=O) groups is 2. The number of likely N-dealkylation sites (N-methyl/N-ethyl adjacent to an activating group) is 1. The fraction of sp³-hybridized carbons (Fsp3) is 0.182. The summed E-state index contributed by atoms with van der Waals surface area (Å²) < 4.78 is 1.92. The summed E-state index contributed by atoms with van der Waals surface area (Å²) in [6.07, 6.45) is 1.90. The van der Waals surface area contributed by atoms with Crippen molar-refractivity contribution >= 4 is 49.9 Å². The van der Waals surface area contributed by atoms with Gasteiger partial charge in [-0.2, -0.15) is 0 Å². The number of imidazole rings is 1. The second-order valence-electron chi connectivity index (χ2n) is 4.02. The van der Waals surface area contributed by atoms with E-state index in [0.717, 1.165) is 15.3 Å². The van der Waals surface area contributed by atoms with Crippen LogP contribution in [-0.4, -0.2) is 44.9 Å². The molecule has 98 valence electrons.